The van der Waals surface area contributed by atoms with Crippen molar-refractivity contribution in [2.75, 3.05) is 0 Å². The molecule has 0 saturated carbocycles. The van der Waals surface area contributed by atoms with Crippen molar-refractivity contribution in [3.8, 4) is 56.4 Å². The Balaban J connectivity index is 1.16. The third-order valence-corrected chi connectivity index (χ3v) is 9.34. The lowest BCUT2D eigenvalue weighted by molar-refractivity contribution is 0.668. The summed E-state index contributed by atoms with van der Waals surface area (Å²) in [4.78, 5) is 15.4. The highest BCUT2D eigenvalue weighted by atomic mass is 16.3. The molecule has 0 atom stereocenters. The fourth-order valence-electron chi connectivity index (χ4n) is 6.93. The number of rotatable bonds is 5. The molecule has 0 aliphatic rings. The number of hydrogen-bond donors (Lipinski definition) is 0. The Hall–Kier alpha value is -6.85. The Morgan fingerprint density at radius 3 is 1.56 bits per heavy atom. The predicted molar refractivity (Wildman–Crippen MR) is 202 cm³/mol. The minimum atomic E-state index is 0.587. The minimum Gasteiger partial charge on any atom is -0.456 e. The zero-order valence-corrected chi connectivity index (χ0v) is 26.7. The first-order chi connectivity index (χ1) is 24.7. The molecule has 5 heteroatoms. The fourth-order valence-corrected chi connectivity index (χ4v) is 6.93. The number of fused-ring (bicyclic) bond motifs is 6. The number of hydrogen-bond acceptors (Lipinski definition) is 5. The molecule has 0 radical (unpaired) electrons. The summed E-state index contributed by atoms with van der Waals surface area (Å²) in [5.41, 5.74) is 10.5. The van der Waals surface area contributed by atoms with Gasteiger partial charge in [0.2, 0.25) is 0 Å². The Morgan fingerprint density at radius 2 is 0.800 bits per heavy atom. The molecule has 234 valence electrons. The van der Waals surface area contributed by atoms with Crippen molar-refractivity contribution >= 4 is 43.9 Å². The zero-order valence-electron chi connectivity index (χ0n) is 26.7. The highest BCUT2D eigenvalue weighted by Crippen LogP contribution is 2.38. The molecule has 0 spiro atoms. The molecule has 50 heavy (non-hydrogen) atoms. The van der Waals surface area contributed by atoms with Gasteiger partial charge < -0.3 is 8.83 Å². The van der Waals surface area contributed by atoms with Gasteiger partial charge in [0.1, 0.15) is 22.3 Å². The lowest BCUT2D eigenvalue weighted by Gasteiger charge is -2.11. The first-order valence-electron chi connectivity index (χ1n) is 16.6. The topological polar surface area (TPSA) is 65.0 Å². The van der Waals surface area contributed by atoms with Gasteiger partial charge in [0.05, 0.1) is 0 Å². The van der Waals surface area contributed by atoms with Crippen LogP contribution >= 0.6 is 0 Å². The van der Waals surface area contributed by atoms with Crippen molar-refractivity contribution in [1.82, 2.24) is 15.0 Å². The maximum absolute atomic E-state index is 6.25. The van der Waals surface area contributed by atoms with Crippen LogP contribution in [0.4, 0.5) is 0 Å². The van der Waals surface area contributed by atoms with Gasteiger partial charge in [-0.05, 0) is 64.7 Å². The van der Waals surface area contributed by atoms with Crippen LogP contribution in [0.1, 0.15) is 0 Å². The van der Waals surface area contributed by atoms with Crippen LogP contribution < -0.4 is 0 Å². The van der Waals surface area contributed by atoms with E-state index in [1.807, 2.05) is 60.7 Å². The molecule has 0 bridgehead atoms. The Kier molecular flexibility index (Phi) is 6.42. The van der Waals surface area contributed by atoms with E-state index in [1.165, 1.54) is 0 Å². The van der Waals surface area contributed by atoms with Crippen molar-refractivity contribution in [1.29, 1.82) is 0 Å². The van der Waals surface area contributed by atoms with E-state index in [4.69, 9.17) is 23.8 Å². The first-order valence-corrected chi connectivity index (χ1v) is 16.6. The van der Waals surface area contributed by atoms with E-state index in [-0.39, 0.29) is 0 Å². The summed E-state index contributed by atoms with van der Waals surface area (Å²) in [5, 5.41) is 4.20. The summed E-state index contributed by atoms with van der Waals surface area (Å²) in [6, 6.07) is 55.8. The average Bonchev–Trinajstić information content (AvgIpc) is 3.76. The van der Waals surface area contributed by atoms with Crippen LogP contribution in [0, 0.1) is 0 Å². The van der Waals surface area contributed by atoms with Gasteiger partial charge in [-0.15, -0.1) is 0 Å². The Bertz CT molecular complexity index is 2890. The minimum absolute atomic E-state index is 0.587. The third-order valence-electron chi connectivity index (χ3n) is 9.34. The highest BCUT2D eigenvalue weighted by Gasteiger charge is 2.18. The van der Waals surface area contributed by atoms with Crippen LogP contribution in [0.15, 0.2) is 173 Å². The number of benzene rings is 7. The van der Waals surface area contributed by atoms with E-state index in [0.29, 0.717) is 17.5 Å². The zero-order chi connectivity index (χ0) is 33.0. The largest absolute Gasteiger partial charge is 0.456 e. The van der Waals surface area contributed by atoms with Crippen molar-refractivity contribution in [2.24, 2.45) is 0 Å². The Labute approximate surface area is 287 Å². The summed E-state index contributed by atoms with van der Waals surface area (Å²) in [6.07, 6.45) is 0. The van der Waals surface area contributed by atoms with Gasteiger partial charge >= 0.3 is 0 Å². The van der Waals surface area contributed by atoms with Crippen molar-refractivity contribution < 1.29 is 8.83 Å². The van der Waals surface area contributed by atoms with Crippen molar-refractivity contribution in [3.63, 3.8) is 0 Å². The van der Waals surface area contributed by atoms with Crippen LogP contribution in [0.5, 0.6) is 0 Å². The third kappa shape index (κ3) is 4.75. The molecule has 3 aromatic heterocycles. The molecule has 10 aromatic rings. The smallest absolute Gasteiger partial charge is 0.164 e. The first kappa shape index (κ1) is 28.2. The molecule has 0 fully saturated rings. The van der Waals surface area contributed by atoms with Gasteiger partial charge in [0.15, 0.2) is 17.5 Å². The molecule has 0 amide bonds. The maximum Gasteiger partial charge on any atom is 0.164 e. The predicted octanol–water partition coefficient (Wildman–Crippen LogP) is 12.0. The van der Waals surface area contributed by atoms with Crippen LogP contribution in [0.2, 0.25) is 0 Å². The van der Waals surface area contributed by atoms with Crippen molar-refractivity contribution in [2.45, 2.75) is 0 Å². The summed E-state index contributed by atoms with van der Waals surface area (Å²) < 4.78 is 12.3. The molecule has 0 saturated heterocycles. The van der Waals surface area contributed by atoms with Crippen LogP contribution in [-0.2, 0) is 0 Å². The number of nitrogens with zero attached hydrogens (tertiary/aromatic N) is 3. The second-order valence-electron chi connectivity index (χ2n) is 12.4. The van der Waals surface area contributed by atoms with E-state index in [9.17, 15) is 0 Å². The SMILES string of the molecule is c1ccc(-c2cccc(-c3nc(-c4cccc(-c5ccc6oc7ccccc7c6c5)c4)nc(-c4cccc5oc6ccccc6c45)n3)c2)cc1. The summed E-state index contributed by atoms with van der Waals surface area (Å²) in [7, 11) is 0. The highest BCUT2D eigenvalue weighted by molar-refractivity contribution is 6.12. The molecule has 7 aromatic carbocycles. The van der Waals surface area contributed by atoms with Gasteiger partial charge in [-0.25, -0.2) is 15.0 Å². The van der Waals surface area contributed by atoms with Gasteiger partial charge in [-0.1, -0.05) is 121 Å². The standard InChI is InChI=1S/C45H27N3O2/c1-2-11-28(12-3-1)29-13-8-15-32(25-29)43-46-44(48-45(47-43)36-19-10-22-41-42(36)35-18-5-7-21-39(35)50-41)33-16-9-14-30(26-33)31-23-24-40-37(27-31)34-17-4-6-20-38(34)49-40/h1-27H. The van der Waals surface area contributed by atoms with E-state index < -0.39 is 0 Å². The summed E-state index contributed by atoms with van der Waals surface area (Å²) in [6.45, 7) is 0. The molecule has 0 N–H and O–H groups in total. The molecule has 0 unspecified atom stereocenters. The van der Waals surface area contributed by atoms with E-state index in [1.54, 1.807) is 0 Å². The van der Waals surface area contributed by atoms with Crippen LogP contribution in [-0.4, -0.2) is 15.0 Å². The molecule has 0 aliphatic heterocycles. The number of aromatic nitrogens is 3. The quantitative estimate of drug-likeness (QED) is 0.187. The second-order valence-corrected chi connectivity index (χ2v) is 12.4. The maximum atomic E-state index is 6.25. The lowest BCUT2D eigenvalue weighted by Crippen LogP contribution is -2.00. The van der Waals surface area contributed by atoms with Gasteiger partial charge in [-0.2, -0.15) is 0 Å². The molecule has 10 rings (SSSR count). The van der Waals surface area contributed by atoms with Crippen LogP contribution in [0.3, 0.4) is 0 Å². The summed E-state index contributed by atoms with van der Waals surface area (Å²) >= 11 is 0. The fraction of sp³-hybridized carbons (Fsp3) is 0. The number of furan rings is 2. The van der Waals surface area contributed by atoms with Gasteiger partial charge in [-0.3, -0.25) is 0 Å². The molecule has 0 aliphatic carbocycles. The normalized spacial score (nSPS) is 11.6. The Morgan fingerprint density at radius 1 is 0.300 bits per heavy atom. The van der Waals surface area contributed by atoms with Gasteiger partial charge in [0, 0.05) is 38.2 Å². The molecule has 3 heterocycles. The van der Waals surface area contributed by atoms with Gasteiger partial charge in [0.25, 0.3) is 0 Å². The second kappa shape index (κ2) is 11.4. The molecule has 5 nitrogen and oxygen atoms in total. The molecular weight excluding hydrogens is 615 g/mol. The lowest BCUT2D eigenvalue weighted by atomic mass is 10.0. The van der Waals surface area contributed by atoms with E-state index >= 15 is 0 Å². The van der Waals surface area contributed by atoms with Crippen molar-refractivity contribution in [3.05, 3.63) is 164 Å². The van der Waals surface area contributed by atoms with E-state index in [0.717, 1.165) is 82.8 Å². The molecular formula is C45H27N3O2. The van der Waals surface area contributed by atoms with Crippen LogP contribution in [0.25, 0.3) is 100 Å². The monoisotopic (exact) mass is 641 g/mol. The van der Waals surface area contributed by atoms with E-state index in [2.05, 4.69) is 103 Å². The number of para-hydroxylation sites is 2. The average molecular weight is 642 g/mol. The summed E-state index contributed by atoms with van der Waals surface area (Å²) in [5.74, 6) is 1.78.